The van der Waals surface area contributed by atoms with E-state index in [-0.39, 0.29) is 5.56 Å². The molecular formula is C17H11N3O2. The molecule has 0 atom stereocenters. The van der Waals surface area contributed by atoms with E-state index in [4.69, 9.17) is 6.42 Å². The molecule has 0 unspecified atom stereocenters. The van der Waals surface area contributed by atoms with Gasteiger partial charge in [0.25, 0.3) is 0 Å². The van der Waals surface area contributed by atoms with Crippen LogP contribution in [-0.2, 0) is 0 Å². The molecule has 5 nitrogen and oxygen atoms in total. The fourth-order valence-corrected chi connectivity index (χ4v) is 2.34. The molecule has 106 valence electrons. The van der Waals surface area contributed by atoms with Gasteiger partial charge in [-0.05, 0) is 17.7 Å². The van der Waals surface area contributed by atoms with Crippen LogP contribution in [-0.4, -0.2) is 25.8 Å². The lowest BCUT2D eigenvalue weighted by atomic mass is 9.94. The molecule has 3 rings (SSSR count). The molecule has 0 fully saturated rings. The molecule has 1 N–H and O–H groups in total. The van der Waals surface area contributed by atoms with Crippen LogP contribution in [0.2, 0.25) is 0 Å². The summed E-state index contributed by atoms with van der Waals surface area (Å²) in [6.45, 7) is 0. The number of benzene rings is 2. The zero-order valence-electron chi connectivity index (χ0n) is 11.5. The molecule has 1 heterocycles. The molecule has 0 spiro atoms. The van der Waals surface area contributed by atoms with E-state index in [2.05, 4.69) is 16.0 Å². The van der Waals surface area contributed by atoms with Crippen LogP contribution in [0.1, 0.15) is 15.9 Å². The molecule has 2 aromatic carbocycles. The highest BCUT2D eigenvalue weighted by Gasteiger charge is 2.20. The van der Waals surface area contributed by atoms with Gasteiger partial charge in [-0.3, -0.25) is 0 Å². The average Bonchev–Trinajstić information content (AvgIpc) is 3.08. The minimum Gasteiger partial charge on any atom is -0.478 e. The summed E-state index contributed by atoms with van der Waals surface area (Å²) in [4.78, 5) is 15.5. The van der Waals surface area contributed by atoms with Crippen molar-refractivity contribution in [1.29, 1.82) is 0 Å². The van der Waals surface area contributed by atoms with E-state index >= 15 is 0 Å². The van der Waals surface area contributed by atoms with Gasteiger partial charge in [0.05, 0.1) is 11.3 Å². The Kier molecular flexibility index (Phi) is 3.42. The second-order valence-corrected chi connectivity index (χ2v) is 4.54. The molecule has 0 amide bonds. The zero-order valence-corrected chi connectivity index (χ0v) is 11.5. The van der Waals surface area contributed by atoms with Gasteiger partial charge < -0.3 is 5.11 Å². The van der Waals surface area contributed by atoms with Gasteiger partial charge in [-0.2, -0.15) is 5.10 Å². The topological polar surface area (TPSA) is 68.0 Å². The summed E-state index contributed by atoms with van der Waals surface area (Å²) in [5, 5.41) is 13.6. The van der Waals surface area contributed by atoms with Gasteiger partial charge in [0.1, 0.15) is 12.7 Å². The fourth-order valence-electron chi connectivity index (χ4n) is 2.34. The van der Waals surface area contributed by atoms with Gasteiger partial charge in [-0.1, -0.05) is 36.3 Å². The monoisotopic (exact) mass is 289 g/mol. The molecule has 22 heavy (non-hydrogen) atoms. The van der Waals surface area contributed by atoms with Crippen LogP contribution in [0.25, 0.3) is 16.8 Å². The molecule has 0 aliphatic carbocycles. The summed E-state index contributed by atoms with van der Waals surface area (Å²) in [6, 6.07) is 12.5. The molecule has 0 saturated heterocycles. The normalized spacial score (nSPS) is 10.1. The Morgan fingerprint density at radius 2 is 1.95 bits per heavy atom. The first-order valence-corrected chi connectivity index (χ1v) is 6.49. The molecule has 0 bridgehead atoms. The third-order valence-electron chi connectivity index (χ3n) is 3.27. The Hall–Kier alpha value is -3.39. The SMILES string of the molecule is C#Cc1ccc(C(=O)O)c(-n2cncn2)c1-c1ccccc1. The largest absolute Gasteiger partial charge is 0.478 e. The number of aromatic nitrogens is 3. The van der Waals surface area contributed by atoms with Crippen molar-refractivity contribution in [3.63, 3.8) is 0 Å². The lowest BCUT2D eigenvalue weighted by Crippen LogP contribution is -2.09. The van der Waals surface area contributed by atoms with Gasteiger partial charge in [0, 0.05) is 11.1 Å². The first-order valence-electron chi connectivity index (χ1n) is 6.49. The van der Waals surface area contributed by atoms with E-state index in [9.17, 15) is 9.90 Å². The summed E-state index contributed by atoms with van der Waals surface area (Å²) < 4.78 is 1.42. The Labute approximate surface area is 126 Å². The van der Waals surface area contributed by atoms with Crippen LogP contribution in [0.4, 0.5) is 0 Å². The fraction of sp³-hybridized carbons (Fsp3) is 0. The minimum absolute atomic E-state index is 0.114. The van der Waals surface area contributed by atoms with E-state index in [1.165, 1.54) is 23.4 Å². The number of nitrogens with zero attached hydrogens (tertiary/aromatic N) is 3. The predicted octanol–water partition coefficient (Wildman–Crippen LogP) is 2.61. The Morgan fingerprint density at radius 3 is 2.55 bits per heavy atom. The number of carbonyl (C=O) groups is 1. The van der Waals surface area contributed by atoms with Gasteiger partial charge in [0.15, 0.2) is 0 Å². The molecule has 3 aromatic rings. The van der Waals surface area contributed by atoms with Crippen LogP contribution >= 0.6 is 0 Å². The van der Waals surface area contributed by atoms with E-state index in [1.807, 2.05) is 30.3 Å². The van der Waals surface area contributed by atoms with Crippen molar-refractivity contribution in [3.05, 3.63) is 66.2 Å². The second-order valence-electron chi connectivity index (χ2n) is 4.54. The van der Waals surface area contributed by atoms with E-state index in [0.717, 1.165) is 5.56 Å². The number of rotatable bonds is 3. The maximum atomic E-state index is 11.6. The molecule has 5 heteroatoms. The van der Waals surface area contributed by atoms with E-state index in [1.54, 1.807) is 6.07 Å². The summed E-state index contributed by atoms with van der Waals surface area (Å²) in [5.41, 5.74) is 2.59. The van der Waals surface area contributed by atoms with Crippen molar-refractivity contribution < 1.29 is 9.90 Å². The molecule has 0 radical (unpaired) electrons. The highest BCUT2D eigenvalue weighted by atomic mass is 16.4. The van der Waals surface area contributed by atoms with Crippen molar-refractivity contribution in [2.45, 2.75) is 0 Å². The standard InChI is InChI=1S/C17H11N3O2/c1-2-12-8-9-14(17(21)22)16(20-11-18-10-19-20)15(12)13-6-4-3-5-7-13/h1,3-11H,(H,21,22). The molecule has 0 saturated carbocycles. The Bertz CT molecular complexity index is 863. The van der Waals surface area contributed by atoms with Crippen LogP contribution in [0.3, 0.4) is 0 Å². The van der Waals surface area contributed by atoms with Crippen molar-refractivity contribution in [3.8, 4) is 29.2 Å². The van der Waals surface area contributed by atoms with Crippen LogP contribution in [0.5, 0.6) is 0 Å². The first-order chi connectivity index (χ1) is 10.7. The van der Waals surface area contributed by atoms with Crippen molar-refractivity contribution in [1.82, 2.24) is 14.8 Å². The lowest BCUT2D eigenvalue weighted by Gasteiger charge is -2.14. The maximum Gasteiger partial charge on any atom is 0.337 e. The lowest BCUT2D eigenvalue weighted by molar-refractivity contribution is 0.0697. The van der Waals surface area contributed by atoms with Crippen LogP contribution in [0.15, 0.2) is 55.1 Å². The second kappa shape index (κ2) is 5.54. The third-order valence-corrected chi connectivity index (χ3v) is 3.27. The molecule has 0 aliphatic heterocycles. The molecule has 0 aliphatic rings. The minimum atomic E-state index is -1.05. The van der Waals surface area contributed by atoms with Crippen molar-refractivity contribution in [2.24, 2.45) is 0 Å². The average molecular weight is 289 g/mol. The Morgan fingerprint density at radius 1 is 1.18 bits per heavy atom. The smallest absolute Gasteiger partial charge is 0.337 e. The van der Waals surface area contributed by atoms with Crippen LogP contribution < -0.4 is 0 Å². The first kappa shape index (κ1) is 13.6. The molecular weight excluding hydrogens is 278 g/mol. The zero-order chi connectivity index (χ0) is 15.5. The summed E-state index contributed by atoms with van der Waals surface area (Å²) >= 11 is 0. The van der Waals surface area contributed by atoms with E-state index in [0.29, 0.717) is 16.8 Å². The van der Waals surface area contributed by atoms with Crippen molar-refractivity contribution >= 4 is 5.97 Å². The summed E-state index contributed by atoms with van der Waals surface area (Å²) in [5.74, 6) is 1.56. The number of carboxylic acids is 1. The number of terminal acetylenes is 1. The number of hydrogen-bond acceptors (Lipinski definition) is 3. The third kappa shape index (κ3) is 2.23. The summed E-state index contributed by atoms with van der Waals surface area (Å²) in [7, 11) is 0. The highest BCUT2D eigenvalue weighted by Crippen LogP contribution is 2.32. The van der Waals surface area contributed by atoms with Gasteiger partial charge in [-0.25, -0.2) is 14.5 Å². The van der Waals surface area contributed by atoms with E-state index < -0.39 is 5.97 Å². The Balaban J connectivity index is 2.42. The number of aromatic carboxylic acids is 1. The van der Waals surface area contributed by atoms with Crippen molar-refractivity contribution in [2.75, 3.05) is 0 Å². The van der Waals surface area contributed by atoms with Crippen LogP contribution in [0, 0.1) is 12.3 Å². The molecule has 1 aromatic heterocycles. The van der Waals surface area contributed by atoms with Gasteiger partial charge in [-0.15, -0.1) is 6.42 Å². The van der Waals surface area contributed by atoms with Gasteiger partial charge >= 0.3 is 5.97 Å². The number of hydrogen-bond donors (Lipinski definition) is 1. The quantitative estimate of drug-likeness (QED) is 0.753. The number of carboxylic acid groups (broad SMARTS) is 1. The highest BCUT2D eigenvalue weighted by molar-refractivity contribution is 5.97. The predicted molar refractivity (Wildman–Crippen MR) is 81.7 cm³/mol. The summed E-state index contributed by atoms with van der Waals surface area (Å²) in [6.07, 6.45) is 8.40. The van der Waals surface area contributed by atoms with Gasteiger partial charge in [0.2, 0.25) is 0 Å². The maximum absolute atomic E-state index is 11.6.